The van der Waals surface area contributed by atoms with Crippen LogP contribution in [0.4, 0.5) is 0 Å². The Morgan fingerprint density at radius 2 is 1.84 bits per heavy atom. The molecule has 4 heteroatoms. The molecule has 122 valence electrons. The zero-order valence-corrected chi connectivity index (χ0v) is 14.2. The molecule has 2 heterocycles. The maximum atomic E-state index is 6.18. The quantitative estimate of drug-likeness (QED) is 0.531. The van der Waals surface area contributed by atoms with Crippen molar-refractivity contribution in [3.8, 4) is 11.3 Å². The zero-order valence-electron chi connectivity index (χ0n) is 13.4. The largest absolute Gasteiger partial charge is 0.456 e. The van der Waals surface area contributed by atoms with Crippen LogP contribution >= 0.6 is 11.6 Å². The Labute approximate surface area is 150 Å². The van der Waals surface area contributed by atoms with E-state index in [1.54, 1.807) is 0 Å². The number of hydrogen-bond acceptors (Lipinski definition) is 2. The number of nitrogens with zero attached hydrogens (tertiary/aromatic N) is 1. The van der Waals surface area contributed by atoms with Gasteiger partial charge in [0.05, 0.1) is 11.9 Å². The van der Waals surface area contributed by atoms with Gasteiger partial charge in [-0.1, -0.05) is 41.9 Å². The van der Waals surface area contributed by atoms with E-state index in [0.717, 1.165) is 33.2 Å². The molecular formula is C21H16ClN2O+. The third-order valence-electron chi connectivity index (χ3n) is 3.97. The van der Waals surface area contributed by atoms with Gasteiger partial charge in [-0.3, -0.25) is 4.99 Å². The first-order chi connectivity index (χ1) is 12.3. The van der Waals surface area contributed by atoms with E-state index in [1.807, 2.05) is 79.1 Å². The molecule has 4 rings (SSSR count). The highest BCUT2D eigenvalue weighted by molar-refractivity contribution is 6.31. The third-order valence-corrected chi connectivity index (χ3v) is 4.20. The fraction of sp³-hybridized carbons (Fsp3) is 0.0476. The zero-order chi connectivity index (χ0) is 17.1. The average molecular weight is 348 g/mol. The lowest BCUT2D eigenvalue weighted by Gasteiger charge is -2.05. The molecule has 0 aliphatic rings. The number of aromatic nitrogens is 1. The summed E-state index contributed by atoms with van der Waals surface area (Å²) < 4.78 is 6.07. The first kappa shape index (κ1) is 15.6. The van der Waals surface area contributed by atoms with Gasteiger partial charge in [0.25, 0.3) is 0 Å². The maximum absolute atomic E-state index is 6.18. The first-order valence-corrected chi connectivity index (χ1v) is 8.42. The number of halogens is 1. The minimum atomic E-state index is 0.581. The van der Waals surface area contributed by atoms with Gasteiger partial charge in [-0.15, -0.1) is 0 Å². The molecule has 0 unspecified atom stereocenters. The smallest absolute Gasteiger partial charge is 0.172 e. The van der Waals surface area contributed by atoms with Crippen molar-refractivity contribution in [2.45, 2.75) is 6.54 Å². The van der Waals surface area contributed by atoms with E-state index in [4.69, 9.17) is 21.0 Å². The van der Waals surface area contributed by atoms with Gasteiger partial charge in [0.15, 0.2) is 12.4 Å². The Kier molecular flexibility index (Phi) is 4.32. The van der Waals surface area contributed by atoms with Crippen molar-refractivity contribution in [2.75, 3.05) is 0 Å². The molecule has 0 amide bonds. The van der Waals surface area contributed by atoms with Crippen molar-refractivity contribution in [3.05, 3.63) is 95.1 Å². The number of hydrogen-bond donors (Lipinski definition) is 0. The molecule has 0 aliphatic carbocycles. The molecule has 0 atom stereocenters. The van der Waals surface area contributed by atoms with Crippen molar-refractivity contribution in [1.82, 2.24) is 0 Å². The SMILES string of the molecule is Clc1ccc2oc(-c3ccccc3)cc(=NCc3ccc[nH+]c3)c2c1. The summed E-state index contributed by atoms with van der Waals surface area (Å²) in [7, 11) is 0. The highest BCUT2D eigenvalue weighted by Gasteiger charge is 2.06. The lowest BCUT2D eigenvalue weighted by atomic mass is 10.1. The monoisotopic (exact) mass is 347 g/mol. The minimum Gasteiger partial charge on any atom is -0.456 e. The standard InChI is InChI=1S/C21H15ClN2O/c22-17-8-9-20-18(11-17)19(24-14-15-5-4-10-23-13-15)12-21(25-20)16-6-2-1-3-7-16/h1-13H,14H2/p+1. The summed E-state index contributed by atoms with van der Waals surface area (Å²) in [6.07, 6.45) is 3.83. The molecule has 2 aromatic carbocycles. The Morgan fingerprint density at radius 3 is 2.64 bits per heavy atom. The van der Waals surface area contributed by atoms with Crippen LogP contribution in [-0.2, 0) is 6.54 Å². The van der Waals surface area contributed by atoms with Crippen LogP contribution in [0.2, 0.25) is 5.02 Å². The van der Waals surface area contributed by atoms with E-state index < -0.39 is 0 Å². The summed E-state index contributed by atoms with van der Waals surface area (Å²) in [6, 6.07) is 21.6. The van der Waals surface area contributed by atoms with Crippen molar-refractivity contribution < 1.29 is 9.40 Å². The second kappa shape index (κ2) is 6.91. The predicted molar refractivity (Wildman–Crippen MR) is 98.9 cm³/mol. The summed E-state index contributed by atoms with van der Waals surface area (Å²) in [4.78, 5) is 7.87. The second-order valence-corrected chi connectivity index (χ2v) is 6.17. The number of rotatable bonds is 3. The third kappa shape index (κ3) is 3.47. The Bertz CT molecular complexity index is 1070. The van der Waals surface area contributed by atoms with E-state index in [1.165, 1.54) is 0 Å². The van der Waals surface area contributed by atoms with Gasteiger partial charge in [-0.2, -0.15) is 0 Å². The van der Waals surface area contributed by atoms with Gasteiger partial charge in [-0.25, -0.2) is 4.98 Å². The highest BCUT2D eigenvalue weighted by atomic mass is 35.5. The molecule has 0 spiro atoms. The number of nitrogens with one attached hydrogen (secondary N) is 1. The van der Waals surface area contributed by atoms with Crippen LogP contribution in [0.5, 0.6) is 0 Å². The van der Waals surface area contributed by atoms with Crippen LogP contribution in [0.15, 0.2) is 88.5 Å². The molecule has 25 heavy (non-hydrogen) atoms. The van der Waals surface area contributed by atoms with Gasteiger partial charge >= 0.3 is 0 Å². The van der Waals surface area contributed by atoms with E-state index in [9.17, 15) is 0 Å². The Balaban J connectivity index is 1.89. The molecule has 0 radical (unpaired) electrons. The molecule has 0 fully saturated rings. The van der Waals surface area contributed by atoms with Gasteiger partial charge in [-0.05, 0) is 24.3 Å². The second-order valence-electron chi connectivity index (χ2n) is 5.73. The Hall–Kier alpha value is -2.91. The molecule has 0 bridgehead atoms. The van der Waals surface area contributed by atoms with Crippen molar-refractivity contribution in [1.29, 1.82) is 0 Å². The summed E-state index contributed by atoms with van der Waals surface area (Å²) in [5.74, 6) is 0.786. The normalized spacial score (nSPS) is 11.8. The first-order valence-electron chi connectivity index (χ1n) is 8.04. The van der Waals surface area contributed by atoms with Crippen LogP contribution in [0, 0.1) is 0 Å². The average Bonchev–Trinajstić information content (AvgIpc) is 2.67. The van der Waals surface area contributed by atoms with Gasteiger partial charge < -0.3 is 4.42 Å². The van der Waals surface area contributed by atoms with E-state index in [2.05, 4.69) is 4.98 Å². The van der Waals surface area contributed by atoms with Gasteiger partial charge in [0.2, 0.25) is 0 Å². The fourth-order valence-electron chi connectivity index (χ4n) is 2.72. The highest BCUT2D eigenvalue weighted by Crippen LogP contribution is 2.23. The van der Waals surface area contributed by atoms with Crippen LogP contribution < -0.4 is 10.3 Å². The summed E-state index contributed by atoms with van der Waals surface area (Å²) in [5.41, 5.74) is 2.90. The molecule has 0 aliphatic heterocycles. The van der Waals surface area contributed by atoms with Crippen LogP contribution in [-0.4, -0.2) is 0 Å². The minimum absolute atomic E-state index is 0.581. The van der Waals surface area contributed by atoms with E-state index >= 15 is 0 Å². The Morgan fingerprint density at radius 1 is 0.960 bits per heavy atom. The molecular weight excluding hydrogens is 332 g/mol. The van der Waals surface area contributed by atoms with Crippen molar-refractivity contribution in [3.63, 3.8) is 0 Å². The topological polar surface area (TPSA) is 39.6 Å². The molecule has 0 saturated carbocycles. The number of aromatic amines is 1. The molecule has 0 saturated heterocycles. The lowest BCUT2D eigenvalue weighted by Crippen LogP contribution is -2.06. The number of benzene rings is 2. The van der Waals surface area contributed by atoms with Crippen molar-refractivity contribution in [2.24, 2.45) is 4.99 Å². The van der Waals surface area contributed by atoms with Crippen LogP contribution in [0.25, 0.3) is 22.3 Å². The van der Waals surface area contributed by atoms with E-state index in [-0.39, 0.29) is 0 Å². The molecule has 1 N–H and O–H groups in total. The van der Waals surface area contributed by atoms with Crippen LogP contribution in [0.3, 0.4) is 0 Å². The summed E-state index contributed by atoms with van der Waals surface area (Å²) >= 11 is 6.18. The molecule has 3 nitrogen and oxygen atoms in total. The van der Waals surface area contributed by atoms with Gasteiger partial charge in [0, 0.05) is 33.7 Å². The summed E-state index contributed by atoms with van der Waals surface area (Å²) in [5, 5.41) is 2.44. The lowest BCUT2D eigenvalue weighted by molar-refractivity contribution is -0.378. The number of H-pyrrole nitrogens is 1. The fourth-order valence-corrected chi connectivity index (χ4v) is 2.89. The number of fused-ring (bicyclic) bond motifs is 1. The van der Waals surface area contributed by atoms with Crippen LogP contribution in [0.1, 0.15) is 5.56 Å². The maximum Gasteiger partial charge on any atom is 0.172 e. The number of pyridine rings is 1. The summed E-state index contributed by atoms with van der Waals surface area (Å²) in [6.45, 7) is 0.581. The van der Waals surface area contributed by atoms with Crippen molar-refractivity contribution >= 4 is 22.6 Å². The molecule has 2 aromatic heterocycles. The van der Waals surface area contributed by atoms with Gasteiger partial charge in [0.1, 0.15) is 11.3 Å². The predicted octanol–water partition coefficient (Wildman–Crippen LogP) is 4.67. The molecule has 4 aromatic rings. The van der Waals surface area contributed by atoms with E-state index in [0.29, 0.717) is 11.6 Å².